The predicted octanol–water partition coefficient (Wildman–Crippen LogP) is 2.15. The molecule has 0 amide bonds. The average Bonchev–Trinajstić information content (AvgIpc) is 3.04. The van der Waals surface area contributed by atoms with Crippen molar-refractivity contribution in [2.75, 3.05) is 0 Å². The monoisotopic (exact) mass is 312 g/mol. The van der Waals surface area contributed by atoms with Crippen LogP contribution >= 0.6 is 0 Å². The molecule has 114 valence electrons. The van der Waals surface area contributed by atoms with E-state index < -0.39 is 15.5 Å². The van der Waals surface area contributed by atoms with Crippen molar-refractivity contribution < 1.29 is 9.85 Å². The summed E-state index contributed by atoms with van der Waals surface area (Å²) in [6.07, 6.45) is 0. The van der Waals surface area contributed by atoms with Gasteiger partial charge in [-0.3, -0.25) is 20.2 Å². The molecule has 1 aromatic heterocycles. The number of non-ortho nitro benzene ring substituents is 1. The third kappa shape index (κ3) is 2.72. The molecular formula is C13H8N6O4. The van der Waals surface area contributed by atoms with Gasteiger partial charge >= 0.3 is 5.69 Å². The number of benzene rings is 2. The van der Waals surface area contributed by atoms with Gasteiger partial charge in [-0.1, -0.05) is 30.3 Å². The van der Waals surface area contributed by atoms with E-state index >= 15 is 0 Å². The number of tetrazole rings is 1. The fourth-order valence-electron chi connectivity index (χ4n) is 1.96. The molecule has 0 spiro atoms. The first-order valence-electron chi connectivity index (χ1n) is 6.35. The van der Waals surface area contributed by atoms with Gasteiger partial charge in [0.05, 0.1) is 15.9 Å². The lowest BCUT2D eigenvalue weighted by molar-refractivity contribution is -0.394. The number of nitrogens with zero attached hydrogens (tertiary/aromatic N) is 6. The Morgan fingerprint density at radius 3 is 2.35 bits per heavy atom. The number of rotatable bonds is 4. The van der Waals surface area contributed by atoms with Gasteiger partial charge in [-0.25, -0.2) is 0 Å². The normalized spacial score (nSPS) is 10.4. The molecule has 0 atom stereocenters. The highest BCUT2D eigenvalue weighted by Crippen LogP contribution is 2.27. The van der Waals surface area contributed by atoms with Crippen LogP contribution in [0.25, 0.3) is 17.1 Å². The van der Waals surface area contributed by atoms with Crippen LogP contribution in [0.2, 0.25) is 0 Å². The van der Waals surface area contributed by atoms with Gasteiger partial charge in [0, 0.05) is 11.6 Å². The molecule has 0 fully saturated rings. The van der Waals surface area contributed by atoms with E-state index in [4.69, 9.17) is 0 Å². The maximum Gasteiger partial charge on any atom is 0.303 e. The second kappa shape index (κ2) is 5.60. The van der Waals surface area contributed by atoms with E-state index in [-0.39, 0.29) is 11.4 Å². The molecule has 3 aromatic rings. The highest BCUT2D eigenvalue weighted by Gasteiger charge is 2.22. The lowest BCUT2D eigenvalue weighted by Crippen LogP contribution is -2.04. The quantitative estimate of drug-likeness (QED) is 0.532. The first-order chi connectivity index (χ1) is 11.1. The van der Waals surface area contributed by atoms with Gasteiger partial charge in [0.15, 0.2) is 5.69 Å². The Bertz CT molecular complexity index is 892. The van der Waals surface area contributed by atoms with Crippen molar-refractivity contribution in [3.8, 4) is 17.1 Å². The Labute approximate surface area is 128 Å². The third-order valence-corrected chi connectivity index (χ3v) is 3.03. The second-order valence-corrected chi connectivity index (χ2v) is 4.46. The minimum atomic E-state index is -0.728. The summed E-state index contributed by atoms with van der Waals surface area (Å²) < 4.78 is 0. The van der Waals surface area contributed by atoms with E-state index in [1.165, 1.54) is 6.07 Å². The summed E-state index contributed by atoms with van der Waals surface area (Å²) in [5, 5.41) is 33.6. The summed E-state index contributed by atoms with van der Waals surface area (Å²) in [6.45, 7) is 0. The van der Waals surface area contributed by atoms with Gasteiger partial charge < -0.3 is 0 Å². The van der Waals surface area contributed by atoms with Crippen molar-refractivity contribution in [2.24, 2.45) is 0 Å². The van der Waals surface area contributed by atoms with E-state index in [9.17, 15) is 20.2 Å². The molecule has 0 saturated carbocycles. The summed E-state index contributed by atoms with van der Waals surface area (Å²) in [7, 11) is 0. The van der Waals surface area contributed by atoms with Gasteiger partial charge in [0.1, 0.15) is 0 Å². The fraction of sp³-hybridized carbons (Fsp3) is 0. The van der Waals surface area contributed by atoms with Gasteiger partial charge in [-0.05, 0) is 11.3 Å². The summed E-state index contributed by atoms with van der Waals surface area (Å²) in [5.74, 6) is 0.290. The topological polar surface area (TPSA) is 130 Å². The molecule has 23 heavy (non-hydrogen) atoms. The largest absolute Gasteiger partial charge is 0.303 e. The minimum Gasteiger partial charge on any atom is -0.258 e. The Balaban J connectivity index is 2.07. The molecule has 0 unspecified atom stereocenters. The lowest BCUT2D eigenvalue weighted by Gasteiger charge is -2.00. The summed E-state index contributed by atoms with van der Waals surface area (Å²) in [5.41, 5.74) is -0.168. The average molecular weight is 312 g/mol. The first kappa shape index (κ1) is 14.3. The van der Waals surface area contributed by atoms with Crippen LogP contribution in [0, 0.1) is 20.2 Å². The van der Waals surface area contributed by atoms with Crippen molar-refractivity contribution in [3.05, 3.63) is 68.8 Å². The lowest BCUT2D eigenvalue weighted by atomic mass is 10.2. The van der Waals surface area contributed by atoms with Crippen molar-refractivity contribution in [1.29, 1.82) is 0 Å². The third-order valence-electron chi connectivity index (χ3n) is 3.03. The molecule has 0 aliphatic heterocycles. The molecule has 10 heteroatoms. The number of hydrogen-bond donors (Lipinski definition) is 0. The highest BCUT2D eigenvalue weighted by atomic mass is 16.6. The molecule has 10 nitrogen and oxygen atoms in total. The Hall–Kier alpha value is -3.69. The summed E-state index contributed by atoms with van der Waals surface area (Å²) in [4.78, 5) is 21.4. The summed E-state index contributed by atoms with van der Waals surface area (Å²) in [6, 6.07) is 12.2. The predicted molar refractivity (Wildman–Crippen MR) is 77.9 cm³/mol. The van der Waals surface area contributed by atoms with Gasteiger partial charge in [-0.15, -0.1) is 15.0 Å². The molecule has 0 aliphatic carbocycles. The van der Waals surface area contributed by atoms with Crippen molar-refractivity contribution >= 4 is 11.4 Å². The number of nitro benzene ring substituents is 2. The SMILES string of the molecule is O=[N+]([O-])c1ccc(-n2nnc(-c3ccccc3)n2)c([N+](=O)[O-])c1. The zero-order valence-corrected chi connectivity index (χ0v) is 11.4. The second-order valence-electron chi connectivity index (χ2n) is 4.46. The standard InChI is InChI=1S/C13H8N6O4/c20-18(21)10-6-7-11(12(8-10)19(22)23)17-15-13(14-16-17)9-4-2-1-3-5-9/h1-8H. The zero-order chi connectivity index (χ0) is 16.4. The maximum atomic E-state index is 11.1. The molecular weight excluding hydrogens is 304 g/mol. The number of aromatic nitrogens is 4. The van der Waals surface area contributed by atoms with Gasteiger partial charge in [-0.2, -0.15) is 0 Å². The van der Waals surface area contributed by atoms with E-state index in [0.717, 1.165) is 16.9 Å². The van der Waals surface area contributed by atoms with Crippen LogP contribution in [-0.2, 0) is 0 Å². The number of nitro groups is 2. The van der Waals surface area contributed by atoms with E-state index in [1.807, 2.05) is 6.07 Å². The fourth-order valence-corrected chi connectivity index (χ4v) is 1.96. The van der Waals surface area contributed by atoms with Gasteiger partial charge in [0.2, 0.25) is 5.82 Å². The smallest absolute Gasteiger partial charge is 0.258 e. The Morgan fingerprint density at radius 2 is 1.70 bits per heavy atom. The van der Waals surface area contributed by atoms with Crippen LogP contribution in [0.3, 0.4) is 0 Å². The zero-order valence-electron chi connectivity index (χ0n) is 11.4. The van der Waals surface area contributed by atoms with Crippen LogP contribution in [0.5, 0.6) is 0 Å². The van der Waals surface area contributed by atoms with E-state index in [2.05, 4.69) is 15.4 Å². The summed E-state index contributed by atoms with van der Waals surface area (Å²) >= 11 is 0. The Kier molecular flexibility index (Phi) is 3.47. The molecule has 0 bridgehead atoms. The Morgan fingerprint density at radius 1 is 0.957 bits per heavy atom. The van der Waals surface area contributed by atoms with Crippen molar-refractivity contribution in [3.63, 3.8) is 0 Å². The molecule has 0 N–H and O–H groups in total. The number of hydrogen-bond acceptors (Lipinski definition) is 7. The van der Waals surface area contributed by atoms with Crippen LogP contribution < -0.4 is 0 Å². The molecule has 1 heterocycles. The van der Waals surface area contributed by atoms with Crippen molar-refractivity contribution in [1.82, 2.24) is 20.2 Å². The van der Waals surface area contributed by atoms with Crippen LogP contribution in [0.15, 0.2) is 48.5 Å². The first-order valence-corrected chi connectivity index (χ1v) is 6.35. The molecule has 2 aromatic carbocycles. The van der Waals surface area contributed by atoms with Crippen LogP contribution in [-0.4, -0.2) is 30.1 Å². The molecule has 0 saturated heterocycles. The van der Waals surface area contributed by atoms with E-state index in [1.54, 1.807) is 24.3 Å². The van der Waals surface area contributed by atoms with Crippen LogP contribution in [0.4, 0.5) is 11.4 Å². The van der Waals surface area contributed by atoms with E-state index in [0.29, 0.717) is 11.4 Å². The van der Waals surface area contributed by atoms with Crippen molar-refractivity contribution in [2.45, 2.75) is 0 Å². The minimum absolute atomic E-state index is 0.00437. The maximum absolute atomic E-state index is 11.1. The van der Waals surface area contributed by atoms with Gasteiger partial charge in [0.25, 0.3) is 5.69 Å². The highest BCUT2D eigenvalue weighted by molar-refractivity contribution is 5.58. The van der Waals surface area contributed by atoms with Crippen LogP contribution in [0.1, 0.15) is 0 Å². The molecule has 0 radical (unpaired) electrons. The molecule has 3 rings (SSSR count). The molecule has 0 aliphatic rings.